The summed E-state index contributed by atoms with van der Waals surface area (Å²) in [6, 6.07) is 0. The summed E-state index contributed by atoms with van der Waals surface area (Å²) in [6.07, 6.45) is 0.718. The van der Waals surface area contributed by atoms with Crippen LogP contribution in [0.1, 0.15) is 6.92 Å². The summed E-state index contributed by atoms with van der Waals surface area (Å²) in [5, 5.41) is 0. The average molecular weight is 200 g/mol. The van der Waals surface area contributed by atoms with Crippen LogP contribution in [0.5, 0.6) is 0 Å². The summed E-state index contributed by atoms with van der Waals surface area (Å²) in [7, 11) is 0. The summed E-state index contributed by atoms with van der Waals surface area (Å²) in [4.78, 5) is 22.0. The van der Waals surface area contributed by atoms with Gasteiger partial charge in [-0.25, -0.2) is 4.79 Å². The Morgan fingerprint density at radius 1 is 1.64 bits per heavy atom. The maximum absolute atomic E-state index is 11.4. The number of esters is 1. The van der Waals surface area contributed by atoms with E-state index in [1.165, 1.54) is 6.08 Å². The third-order valence-electron chi connectivity index (χ3n) is 1.84. The van der Waals surface area contributed by atoms with Crippen LogP contribution in [0.2, 0.25) is 0 Å². The number of cyclic esters (lactones) is 2. The topological polar surface area (TPSA) is 61.8 Å². The fourth-order valence-electron chi connectivity index (χ4n) is 0.946. The fourth-order valence-corrected chi connectivity index (χ4v) is 0.946. The van der Waals surface area contributed by atoms with E-state index in [2.05, 4.69) is 16.1 Å². The van der Waals surface area contributed by atoms with E-state index in [0.717, 1.165) is 0 Å². The summed E-state index contributed by atoms with van der Waals surface area (Å²) in [5.41, 5.74) is -0.906. The Morgan fingerprint density at radius 2 is 2.21 bits per heavy atom. The van der Waals surface area contributed by atoms with Crippen molar-refractivity contribution in [2.24, 2.45) is 5.41 Å². The van der Waals surface area contributed by atoms with E-state index in [4.69, 9.17) is 4.74 Å². The van der Waals surface area contributed by atoms with Crippen molar-refractivity contribution in [3.8, 4) is 0 Å². The van der Waals surface area contributed by atoms with Gasteiger partial charge in [0.05, 0.1) is 0 Å². The first-order valence-corrected chi connectivity index (χ1v) is 4.16. The monoisotopic (exact) mass is 200 g/mol. The molecule has 0 atom stereocenters. The van der Waals surface area contributed by atoms with Crippen molar-refractivity contribution in [2.45, 2.75) is 6.92 Å². The van der Waals surface area contributed by atoms with Gasteiger partial charge < -0.3 is 14.2 Å². The third-order valence-corrected chi connectivity index (χ3v) is 1.84. The molecule has 5 nitrogen and oxygen atoms in total. The van der Waals surface area contributed by atoms with Crippen LogP contribution >= 0.6 is 0 Å². The Kier molecular flexibility index (Phi) is 3.11. The first kappa shape index (κ1) is 10.6. The Hall–Kier alpha value is -1.52. The molecule has 1 rings (SSSR count). The molecule has 0 aromatic carbocycles. The van der Waals surface area contributed by atoms with E-state index >= 15 is 0 Å². The highest BCUT2D eigenvalue weighted by atomic mass is 16.7. The SMILES string of the molecule is C=CCOC(=O)C1(C)COC(=O)OC1. The van der Waals surface area contributed by atoms with Gasteiger partial charge >= 0.3 is 12.1 Å². The molecule has 0 radical (unpaired) electrons. The van der Waals surface area contributed by atoms with Gasteiger partial charge in [-0.1, -0.05) is 12.7 Å². The van der Waals surface area contributed by atoms with E-state index < -0.39 is 17.5 Å². The Labute approximate surface area is 81.6 Å². The maximum atomic E-state index is 11.4. The molecule has 1 aliphatic rings. The molecule has 5 heteroatoms. The minimum absolute atomic E-state index is 0.0121. The molecule has 0 saturated carbocycles. The second-order valence-corrected chi connectivity index (χ2v) is 3.28. The van der Waals surface area contributed by atoms with Gasteiger partial charge in [0.25, 0.3) is 0 Å². The zero-order valence-corrected chi connectivity index (χ0v) is 7.95. The minimum atomic E-state index is -0.906. The quantitative estimate of drug-likeness (QED) is 0.500. The molecule has 1 saturated heterocycles. The lowest BCUT2D eigenvalue weighted by molar-refractivity contribution is -0.164. The second-order valence-electron chi connectivity index (χ2n) is 3.28. The van der Waals surface area contributed by atoms with Crippen molar-refractivity contribution in [3.63, 3.8) is 0 Å². The molecule has 0 amide bonds. The van der Waals surface area contributed by atoms with Crippen LogP contribution in [0, 0.1) is 5.41 Å². The Balaban J connectivity index is 2.52. The summed E-state index contributed by atoms with van der Waals surface area (Å²) >= 11 is 0. The van der Waals surface area contributed by atoms with Gasteiger partial charge in [-0.15, -0.1) is 0 Å². The van der Waals surface area contributed by atoms with E-state index in [1.54, 1.807) is 6.92 Å². The molecule has 0 spiro atoms. The highest BCUT2D eigenvalue weighted by molar-refractivity contribution is 5.78. The Bertz CT molecular complexity index is 248. The number of hydrogen-bond donors (Lipinski definition) is 0. The van der Waals surface area contributed by atoms with Crippen molar-refractivity contribution in [1.29, 1.82) is 0 Å². The zero-order valence-electron chi connectivity index (χ0n) is 7.95. The maximum Gasteiger partial charge on any atom is 0.508 e. The van der Waals surface area contributed by atoms with E-state index in [9.17, 15) is 9.59 Å². The van der Waals surface area contributed by atoms with Crippen LogP contribution < -0.4 is 0 Å². The number of carbonyl (C=O) groups is 2. The summed E-state index contributed by atoms with van der Waals surface area (Å²) in [6.45, 7) is 5.15. The first-order valence-electron chi connectivity index (χ1n) is 4.16. The number of carbonyl (C=O) groups excluding carboxylic acids is 2. The molecular formula is C9H12O5. The molecule has 0 unspecified atom stereocenters. The molecule has 0 N–H and O–H groups in total. The molecule has 1 aliphatic heterocycles. The van der Waals surface area contributed by atoms with Crippen LogP contribution in [0.3, 0.4) is 0 Å². The van der Waals surface area contributed by atoms with Gasteiger partial charge in [0, 0.05) is 0 Å². The van der Waals surface area contributed by atoms with E-state index in [-0.39, 0.29) is 19.8 Å². The van der Waals surface area contributed by atoms with E-state index in [0.29, 0.717) is 0 Å². The van der Waals surface area contributed by atoms with Gasteiger partial charge in [0.1, 0.15) is 25.2 Å². The van der Waals surface area contributed by atoms with Crippen molar-refractivity contribution < 1.29 is 23.8 Å². The average Bonchev–Trinajstić information content (AvgIpc) is 2.19. The molecule has 1 fully saturated rings. The van der Waals surface area contributed by atoms with E-state index in [1.807, 2.05) is 0 Å². The van der Waals surface area contributed by atoms with Crippen LogP contribution in [0.25, 0.3) is 0 Å². The number of ether oxygens (including phenoxy) is 3. The normalized spacial score (nSPS) is 19.1. The van der Waals surface area contributed by atoms with Gasteiger partial charge in [0.15, 0.2) is 0 Å². The molecule has 0 aromatic heterocycles. The summed E-state index contributed by atoms with van der Waals surface area (Å²) in [5.74, 6) is -0.454. The van der Waals surface area contributed by atoms with Crippen LogP contribution in [0.15, 0.2) is 12.7 Å². The molecule has 0 bridgehead atoms. The lowest BCUT2D eigenvalue weighted by Crippen LogP contribution is -2.44. The molecule has 0 aromatic rings. The second kappa shape index (κ2) is 4.13. The largest absolute Gasteiger partial charge is 0.508 e. The standard InChI is InChI=1S/C9H12O5/c1-3-4-12-7(10)9(2)5-13-8(11)14-6-9/h3H,1,4-6H2,2H3. The highest BCUT2D eigenvalue weighted by Crippen LogP contribution is 2.23. The van der Waals surface area contributed by atoms with Crippen LogP contribution in [-0.2, 0) is 19.0 Å². The molecule has 0 aliphatic carbocycles. The van der Waals surface area contributed by atoms with Crippen molar-refractivity contribution in [3.05, 3.63) is 12.7 Å². The number of hydrogen-bond acceptors (Lipinski definition) is 5. The van der Waals surface area contributed by atoms with Gasteiger partial charge in [-0.05, 0) is 6.92 Å². The molecule has 78 valence electrons. The van der Waals surface area contributed by atoms with Crippen LogP contribution in [-0.4, -0.2) is 31.9 Å². The lowest BCUT2D eigenvalue weighted by atomic mass is 9.93. The summed E-state index contributed by atoms with van der Waals surface area (Å²) < 4.78 is 14.1. The van der Waals surface area contributed by atoms with Crippen molar-refractivity contribution in [2.75, 3.05) is 19.8 Å². The predicted octanol–water partition coefficient (Wildman–Crippen LogP) is 0.889. The van der Waals surface area contributed by atoms with Gasteiger partial charge in [0.2, 0.25) is 0 Å². The predicted molar refractivity (Wildman–Crippen MR) is 46.6 cm³/mol. The lowest BCUT2D eigenvalue weighted by Gasteiger charge is -2.29. The van der Waals surface area contributed by atoms with Gasteiger partial charge in [-0.2, -0.15) is 0 Å². The fraction of sp³-hybridized carbons (Fsp3) is 0.556. The molecular weight excluding hydrogens is 188 g/mol. The first-order chi connectivity index (χ1) is 6.58. The highest BCUT2D eigenvalue weighted by Gasteiger charge is 2.41. The van der Waals surface area contributed by atoms with Crippen molar-refractivity contribution in [1.82, 2.24) is 0 Å². The zero-order chi connectivity index (χ0) is 10.6. The van der Waals surface area contributed by atoms with Crippen LogP contribution in [0.4, 0.5) is 4.79 Å². The molecule has 1 heterocycles. The number of rotatable bonds is 3. The van der Waals surface area contributed by atoms with Gasteiger partial charge in [-0.3, -0.25) is 4.79 Å². The third kappa shape index (κ3) is 2.25. The minimum Gasteiger partial charge on any atom is -0.461 e. The van der Waals surface area contributed by atoms with Crippen molar-refractivity contribution >= 4 is 12.1 Å². The molecule has 14 heavy (non-hydrogen) atoms. The Morgan fingerprint density at radius 3 is 2.71 bits per heavy atom. The smallest absolute Gasteiger partial charge is 0.461 e.